The highest BCUT2D eigenvalue weighted by atomic mass is 79.9. The van der Waals surface area contributed by atoms with Crippen LogP contribution in [0.15, 0.2) is 126 Å². The molecule has 57 heavy (non-hydrogen) atoms. The van der Waals surface area contributed by atoms with Crippen molar-refractivity contribution in [2.45, 2.75) is 94.2 Å². The number of benzene rings is 5. The number of ether oxygens (including phenoxy) is 4. The molecule has 1 saturated heterocycles. The third-order valence-corrected chi connectivity index (χ3v) is 14.2. The van der Waals surface area contributed by atoms with E-state index in [2.05, 4.69) is 15.9 Å². The largest absolute Gasteiger partial charge is 0.449 e. The van der Waals surface area contributed by atoms with E-state index in [0.29, 0.717) is 58.7 Å². The van der Waals surface area contributed by atoms with E-state index in [9.17, 15) is 9.90 Å². The topological polar surface area (TPSA) is 74.2 Å². The molecule has 4 saturated carbocycles. The summed E-state index contributed by atoms with van der Waals surface area (Å²) in [6.07, 6.45) is 13.1. The van der Waals surface area contributed by atoms with Crippen LogP contribution in [-0.4, -0.2) is 35.3 Å². The van der Waals surface area contributed by atoms with Crippen LogP contribution in [0.1, 0.15) is 80.9 Å². The molecule has 2 heterocycles. The summed E-state index contributed by atoms with van der Waals surface area (Å²) in [7, 11) is 0. The summed E-state index contributed by atoms with van der Waals surface area (Å²) >= 11 is 3.31. The normalized spacial score (nSPS) is 30.9. The number of aliphatic hydroxyl groups is 1. The number of ketones is 1. The van der Waals surface area contributed by atoms with E-state index in [1.807, 2.05) is 121 Å². The van der Waals surface area contributed by atoms with Gasteiger partial charge in [0, 0.05) is 38.9 Å². The smallest absolute Gasteiger partial charge is 0.178 e. The van der Waals surface area contributed by atoms with Crippen molar-refractivity contribution in [1.29, 1.82) is 0 Å². The molecule has 2 aliphatic heterocycles. The van der Waals surface area contributed by atoms with E-state index >= 15 is 0 Å². The van der Waals surface area contributed by atoms with Gasteiger partial charge >= 0.3 is 0 Å². The highest BCUT2D eigenvalue weighted by molar-refractivity contribution is 9.10. The molecule has 0 amide bonds. The minimum absolute atomic E-state index is 0.218. The SMILES string of the molecule is Brc1ccccc1.O=C1C2CCCCC2C2C1CCC1OC3CCCCC3OC12.OC1(c2ccccc2)c2ccccc2-c2c1ccc1c2Oc2ccccc2O1. The molecular formula is C50H49BrO6. The van der Waals surface area contributed by atoms with Crippen molar-refractivity contribution >= 4 is 21.7 Å². The Bertz CT molecular complexity index is 2240. The maximum absolute atomic E-state index is 12.8. The Labute approximate surface area is 343 Å². The van der Waals surface area contributed by atoms with E-state index in [1.165, 1.54) is 38.5 Å². The van der Waals surface area contributed by atoms with Crippen molar-refractivity contribution in [2.24, 2.45) is 23.7 Å². The van der Waals surface area contributed by atoms with Crippen LogP contribution in [0.5, 0.6) is 23.0 Å². The van der Waals surface area contributed by atoms with Gasteiger partial charge in [0.1, 0.15) is 11.4 Å². The zero-order chi connectivity index (χ0) is 38.5. The monoisotopic (exact) mass is 824 g/mol. The maximum Gasteiger partial charge on any atom is 0.178 e. The van der Waals surface area contributed by atoms with Gasteiger partial charge in [-0.1, -0.05) is 133 Å². The fraction of sp³-hybridized carbons (Fsp3) is 0.380. The third-order valence-electron chi connectivity index (χ3n) is 13.6. The van der Waals surface area contributed by atoms with Crippen LogP contribution in [0.4, 0.5) is 0 Å². The van der Waals surface area contributed by atoms with Crippen LogP contribution in [-0.2, 0) is 19.9 Å². The summed E-state index contributed by atoms with van der Waals surface area (Å²) < 4.78 is 26.6. The molecule has 1 N–H and O–H groups in total. The molecule has 5 aromatic rings. The first-order valence-electron chi connectivity index (χ1n) is 21.0. The van der Waals surface area contributed by atoms with Gasteiger partial charge in [-0.3, -0.25) is 4.79 Å². The average Bonchev–Trinajstić information content (AvgIpc) is 3.71. The summed E-state index contributed by atoms with van der Waals surface area (Å²) in [4.78, 5) is 12.8. The van der Waals surface area contributed by atoms with Gasteiger partial charge in [0.25, 0.3) is 0 Å². The second kappa shape index (κ2) is 15.5. The Morgan fingerprint density at radius 2 is 1.21 bits per heavy atom. The van der Waals surface area contributed by atoms with E-state index in [1.54, 1.807) is 0 Å². The first-order chi connectivity index (χ1) is 28.0. The lowest BCUT2D eigenvalue weighted by Gasteiger charge is -2.50. The Hall–Kier alpha value is -4.27. The predicted octanol–water partition coefficient (Wildman–Crippen LogP) is 11.8. The molecule has 9 unspecified atom stereocenters. The van der Waals surface area contributed by atoms with Crippen molar-refractivity contribution in [2.75, 3.05) is 0 Å². The molecule has 0 spiro atoms. The molecule has 292 valence electrons. The number of hydrogen-bond donors (Lipinski definition) is 1. The number of rotatable bonds is 1. The predicted molar refractivity (Wildman–Crippen MR) is 224 cm³/mol. The summed E-state index contributed by atoms with van der Waals surface area (Å²) in [6.45, 7) is 0. The number of carbonyl (C=O) groups is 1. The van der Waals surface area contributed by atoms with Crippen molar-refractivity contribution in [1.82, 2.24) is 0 Å². The van der Waals surface area contributed by atoms with Crippen LogP contribution in [0, 0.1) is 23.7 Å². The molecular weight excluding hydrogens is 776 g/mol. The lowest BCUT2D eigenvalue weighted by molar-refractivity contribution is -0.261. The Balaban J connectivity index is 0.000000121. The van der Waals surface area contributed by atoms with Gasteiger partial charge in [-0.15, -0.1) is 0 Å². The molecule has 0 radical (unpaired) electrons. The van der Waals surface area contributed by atoms with Crippen molar-refractivity contribution in [3.63, 3.8) is 0 Å². The van der Waals surface area contributed by atoms with E-state index in [4.69, 9.17) is 18.9 Å². The van der Waals surface area contributed by atoms with Gasteiger partial charge in [0.2, 0.25) is 0 Å². The van der Waals surface area contributed by atoms with Gasteiger partial charge < -0.3 is 24.1 Å². The van der Waals surface area contributed by atoms with E-state index < -0.39 is 5.60 Å². The number of halogens is 1. The van der Waals surface area contributed by atoms with E-state index in [0.717, 1.165) is 58.0 Å². The second-order valence-corrected chi connectivity index (χ2v) is 17.7. The third kappa shape index (κ3) is 6.55. The molecule has 9 atom stereocenters. The van der Waals surface area contributed by atoms with Crippen molar-refractivity contribution in [3.05, 3.63) is 142 Å². The zero-order valence-corrected chi connectivity index (χ0v) is 33.7. The molecule has 7 aliphatic rings. The summed E-state index contributed by atoms with van der Waals surface area (Å²) in [6, 6.07) is 39.1. The second-order valence-electron chi connectivity index (χ2n) is 16.7. The van der Waals surface area contributed by atoms with Crippen LogP contribution in [0.3, 0.4) is 0 Å². The fourth-order valence-electron chi connectivity index (χ4n) is 11.2. The first kappa shape index (κ1) is 37.0. The Morgan fingerprint density at radius 3 is 1.96 bits per heavy atom. The highest BCUT2D eigenvalue weighted by Gasteiger charge is 2.59. The van der Waals surface area contributed by atoms with Crippen molar-refractivity contribution < 1.29 is 28.8 Å². The van der Waals surface area contributed by atoms with Gasteiger partial charge in [0.15, 0.2) is 23.0 Å². The van der Waals surface area contributed by atoms with Crippen molar-refractivity contribution in [3.8, 4) is 34.1 Å². The number of para-hydroxylation sites is 2. The molecule has 6 nitrogen and oxygen atoms in total. The van der Waals surface area contributed by atoms with Gasteiger partial charge in [0.05, 0.1) is 24.4 Å². The minimum atomic E-state index is -1.23. The van der Waals surface area contributed by atoms with Gasteiger partial charge in [-0.2, -0.15) is 0 Å². The number of hydrogen-bond acceptors (Lipinski definition) is 6. The first-order valence-corrected chi connectivity index (χ1v) is 21.8. The van der Waals surface area contributed by atoms with E-state index in [-0.39, 0.29) is 18.1 Å². The lowest BCUT2D eigenvalue weighted by atomic mass is 9.70. The molecule has 0 bridgehead atoms. The van der Waals surface area contributed by atoms with Gasteiger partial charge in [-0.25, -0.2) is 0 Å². The molecule has 5 fully saturated rings. The zero-order valence-electron chi connectivity index (χ0n) is 32.1. The average molecular weight is 826 g/mol. The number of Topliss-reactive ketones (excluding diaryl/α,β-unsaturated/α-hetero) is 1. The maximum atomic E-state index is 12.8. The molecule has 7 heteroatoms. The summed E-state index contributed by atoms with van der Waals surface area (Å²) in [5, 5.41) is 12.0. The molecule has 0 aromatic heterocycles. The Kier molecular flexibility index (Phi) is 10.1. The Morgan fingerprint density at radius 1 is 0.561 bits per heavy atom. The fourth-order valence-corrected chi connectivity index (χ4v) is 11.5. The standard InChI is InChI=1S/C25H16O3.C19H28O3.C6H5Br/c26-25(16-8-2-1-3-9-16)18-11-5-4-10-17(18)23-19(25)14-15-22-24(23)28-21-13-7-6-12-20(21)27-22;20-18-12-6-2-1-5-11(12)17-13(18)9-10-16-19(17)22-15-8-4-3-7-14(15)21-16;7-6-4-2-1-3-5-6/h1-15,26H;11-17,19H,1-10H2;1-5H. The molecule has 5 aromatic carbocycles. The quantitative estimate of drug-likeness (QED) is 0.178. The summed E-state index contributed by atoms with van der Waals surface area (Å²) in [5.41, 5.74) is 3.10. The summed E-state index contributed by atoms with van der Waals surface area (Å²) in [5.74, 6) is 4.98. The van der Waals surface area contributed by atoms with Crippen LogP contribution in [0.2, 0.25) is 0 Å². The molecule has 5 aliphatic carbocycles. The lowest BCUT2D eigenvalue weighted by Crippen LogP contribution is -2.56. The molecule has 12 rings (SSSR count). The number of fused-ring (bicyclic) bond motifs is 12. The minimum Gasteiger partial charge on any atom is -0.449 e. The van der Waals surface area contributed by atoms with Crippen LogP contribution in [0.25, 0.3) is 11.1 Å². The highest BCUT2D eigenvalue weighted by Crippen LogP contribution is 2.59. The van der Waals surface area contributed by atoms with Crippen LogP contribution >= 0.6 is 15.9 Å². The van der Waals surface area contributed by atoms with Gasteiger partial charge in [-0.05, 0) is 85.9 Å². The van der Waals surface area contributed by atoms with Crippen LogP contribution < -0.4 is 9.47 Å². The number of carbonyl (C=O) groups excluding carboxylic acids is 1.